The largest absolute Gasteiger partial charge is 0.444 e. The molecule has 0 bridgehead atoms. The van der Waals surface area contributed by atoms with Crippen LogP contribution < -0.4 is 5.73 Å². The molecule has 118 valence electrons. The van der Waals surface area contributed by atoms with Crippen LogP contribution in [0.4, 0.5) is 4.79 Å². The summed E-state index contributed by atoms with van der Waals surface area (Å²) in [6.45, 7) is 10.5. The standard InChI is InChI=1S/C15H30N2O3/c1-14(2,3)20-13(19)17-10-15(4,5)7-6-12(17)8-11(16)9-18/h11-12,18H,6-10,16H2,1-5H3. The molecule has 2 atom stereocenters. The molecule has 2 unspecified atom stereocenters. The van der Waals surface area contributed by atoms with E-state index in [4.69, 9.17) is 15.6 Å². The first-order chi connectivity index (χ1) is 9.04. The minimum atomic E-state index is -0.498. The van der Waals surface area contributed by atoms with E-state index in [0.29, 0.717) is 13.0 Å². The van der Waals surface area contributed by atoms with Crippen molar-refractivity contribution in [3.63, 3.8) is 0 Å². The lowest BCUT2D eigenvalue weighted by atomic mass is 9.80. The highest BCUT2D eigenvalue weighted by Gasteiger charge is 2.38. The Morgan fingerprint density at radius 3 is 2.60 bits per heavy atom. The fraction of sp³-hybridized carbons (Fsp3) is 0.933. The first kappa shape index (κ1) is 17.2. The Labute approximate surface area is 122 Å². The van der Waals surface area contributed by atoms with Crippen molar-refractivity contribution in [2.24, 2.45) is 11.1 Å². The summed E-state index contributed by atoms with van der Waals surface area (Å²) < 4.78 is 5.50. The number of nitrogens with two attached hydrogens (primary N) is 1. The maximum Gasteiger partial charge on any atom is 0.410 e. The third-order valence-electron chi connectivity index (χ3n) is 3.63. The van der Waals surface area contributed by atoms with E-state index in [-0.39, 0.29) is 30.2 Å². The van der Waals surface area contributed by atoms with Gasteiger partial charge in [0, 0.05) is 18.6 Å². The van der Waals surface area contributed by atoms with Crippen molar-refractivity contribution >= 4 is 6.09 Å². The number of piperidine rings is 1. The van der Waals surface area contributed by atoms with Crippen LogP contribution >= 0.6 is 0 Å². The molecular weight excluding hydrogens is 256 g/mol. The fourth-order valence-electron chi connectivity index (χ4n) is 2.59. The van der Waals surface area contributed by atoms with E-state index in [1.807, 2.05) is 20.8 Å². The SMILES string of the molecule is CC1(C)CCC(CC(N)CO)N(C(=O)OC(C)(C)C)C1. The molecule has 0 spiro atoms. The van der Waals surface area contributed by atoms with E-state index in [2.05, 4.69) is 13.8 Å². The third kappa shape index (κ3) is 5.29. The van der Waals surface area contributed by atoms with Crippen molar-refractivity contribution in [3.8, 4) is 0 Å². The van der Waals surface area contributed by atoms with Gasteiger partial charge >= 0.3 is 6.09 Å². The molecule has 1 amide bonds. The van der Waals surface area contributed by atoms with Gasteiger partial charge in [0.05, 0.1) is 6.61 Å². The summed E-state index contributed by atoms with van der Waals surface area (Å²) in [4.78, 5) is 14.2. The Morgan fingerprint density at radius 2 is 2.10 bits per heavy atom. The molecule has 0 aliphatic carbocycles. The van der Waals surface area contributed by atoms with Gasteiger partial charge in [-0.25, -0.2) is 4.79 Å². The Kier molecular flexibility index (Phi) is 5.44. The molecule has 1 aliphatic rings. The summed E-state index contributed by atoms with van der Waals surface area (Å²) in [6.07, 6.45) is 2.29. The molecule has 0 aromatic carbocycles. The number of rotatable bonds is 3. The van der Waals surface area contributed by atoms with E-state index in [0.717, 1.165) is 12.8 Å². The van der Waals surface area contributed by atoms with Crippen LogP contribution in [0.5, 0.6) is 0 Å². The Hall–Kier alpha value is -0.810. The molecule has 1 rings (SSSR count). The molecule has 20 heavy (non-hydrogen) atoms. The van der Waals surface area contributed by atoms with Crippen LogP contribution in [0.3, 0.4) is 0 Å². The third-order valence-corrected chi connectivity index (χ3v) is 3.63. The molecule has 1 aliphatic heterocycles. The summed E-state index contributed by atoms with van der Waals surface area (Å²) in [7, 11) is 0. The highest BCUT2D eigenvalue weighted by atomic mass is 16.6. The van der Waals surface area contributed by atoms with E-state index >= 15 is 0 Å². The first-order valence-electron chi connectivity index (χ1n) is 7.40. The summed E-state index contributed by atoms with van der Waals surface area (Å²) in [5.74, 6) is 0. The molecule has 1 fully saturated rings. The number of carbonyl (C=O) groups excluding carboxylic acids is 1. The quantitative estimate of drug-likeness (QED) is 0.833. The van der Waals surface area contributed by atoms with E-state index in [9.17, 15) is 4.79 Å². The van der Waals surface area contributed by atoms with Crippen LogP contribution in [0.2, 0.25) is 0 Å². The van der Waals surface area contributed by atoms with Crippen LogP contribution in [-0.2, 0) is 4.74 Å². The number of likely N-dealkylation sites (tertiary alicyclic amines) is 1. The van der Waals surface area contributed by atoms with Gasteiger partial charge in [-0.15, -0.1) is 0 Å². The Balaban J connectivity index is 2.79. The number of carbonyl (C=O) groups is 1. The van der Waals surface area contributed by atoms with Crippen molar-refractivity contribution < 1.29 is 14.6 Å². The number of aliphatic hydroxyl groups excluding tert-OH is 1. The summed E-state index contributed by atoms with van der Waals surface area (Å²) >= 11 is 0. The van der Waals surface area contributed by atoms with E-state index in [1.165, 1.54) is 0 Å². The minimum Gasteiger partial charge on any atom is -0.444 e. The predicted molar refractivity (Wildman–Crippen MR) is 79.4 cm³/mol. The smallest absolute Gasteiger partial charge is 0.410 e. The summed E-state index contributed by atoms with van der Waals surface area (Å²) in [5.41, 5.74) is 5.43. The molecule has 0 radical (unpaired) electrons. The fourth-order valence-corrected chi connectivity index (χ4v) is 2.59. The number of aliphatic hydroxyl groups is 1. The number of amides is 1. The zero-order chi connectivity index (χ0) is 15.6. The maximum atomic E-state index is 12.4. The van der Waals surface area contributed by atoms with Crippen LogP contribution in [-0.4, -0.2) is 46.9 Å². The molecule has 1 saturated heterocycles. The molecule has 0 aromatic heterocycles. The average molecular weight is 286 g/mol. The first-order valence-corrected chi connectivity index (χ1v) is 7.40. The lowest BCUT2D eigenvalue weighted by Crippen LogP contribution is -2.53. The van der Waals surface area contributed by atoms with Gasteiger partial charge in [-0.3, -0.25) is 0 Å². The highest BCUT2D eigenvalue weighted by Crippen LogP contribution is 2.34. The lowest BCUT2D eigenvalue weighted by Gasteiger charge is -2.44. The van der Waals surface area contributed by atoms with Crippen molar-refractivity contribution in [1.82, 2.24) is 4.90 Å². The van der Waals surface area contributed by atoms with Crippen molar-refractivity contribution in [2.75, 3.05) is 13.2 Å². The number of hydrogen-bond donors (Lipinski definition) is 2. The molecule has 0 aromatic rings. The van der Waals surface area contributed by atoms with Gasteiger partial charge in [-0.1, -0.05) is 13.8 Å². The summed E-state index contributed by atoms with van der Waals surface area (Å²) in [5, 5.41) is 9.12. The van der Waals surface area contributed by atoms with E-state index < -0.39 is 5.60 Å². The second kappa shape index (κ2) is 6.31. The normalized spacial score (nSPS) is 24.4. The number of ether oxygens (including phenoxy) is 1. The predicted octanol–water partition coefficient (Wildman–Crippen LogP) is 2.12. The van der Waals surface area contributed by atoms with Crippen LogP contribution in [0.25, 0.3) is 0 Å². The summed E-state index contributed by atoms with van der Waals surface area (Å²) in [6, 6.07) is -0.230. The zero-order valence-electron chi connectivity index (χ0n) is 13.5. The van der Waals surface area contributed by atoms with Crippen LogP contribution in [0, 0.1) is 5.41 Å². The molecular formula is C15H30N2O3. The van der Waals surface area contributed by atoms with E-state index in [1.54, 1.807) is 4.90 Å². The molecule has 3 N–H and O–H groups in total. The number of nitrogens with zero attached hydrogens (tertiary/aromatic N) is 1. The van der Waals surface area contributed by atoms with Gasteiger partial charge in [-0.2, -0.15) is 0 Å². The molecule has 5 heteroatoms. The van der Waals surface area contributed by atoms with Gasteiger partial charge < -0.3 is 20.5 Å². The highest BCUT2D eigenvalue weighted by molar-refractivity contribution is 5.68. The van der Waals surface area contributed by atoms with Crippen LogP contribution in [0.1, 0.15) is 53.9 Å². The van der Waals surface area contributed by atoms with Crippen molar-refractivity contribution in [3.05, 3.63) is 0 Å². The van der Waals surface area contributed by atoms with Gasteiger partial charge in [0.25, 0.3) is 0 Å². The van der Waals surface area contributed by atoms with Gasteiger partial charge in [0.2, 0.25) is 0 Å². The zero-order valence-corrected chi connectivity index (χ0v) is 13.5. The Morgan fingerprint density at radius 1 is 1.50 bits per heavy atom. The van der Waals surface area contributed by atoms with Gasteiger partial charge in [-0.05, 0) is 45.4 Å². The topological polar surface area (TPSA) is 75.8 Å². The molecule has 0 saturated carbocycles. The monoisotopic (exact) mass is 286 g/mol. The van der Waals surface area contributed by atoms with Gasteiger partial charge in [0.1, 0.15) is 5.60 Å². The van der Waals surface area contributed by atoms with Crippen LogP contribution in [0.15, 0.2) is 0 Å². The molecule has 1 heterocycles. The maximum absolute atomic E-state index is 12.4. The molecule has 5 nitrogen and oxygen atoms in total. The average Bonchev–Trinajstić information content (AvgIpc) is 2.28. The van der Waals surface area contributed by atoms with Gasteiger partial charge in [0.15, 0.2) is 0 Å². The van der Waals surface area contributed by atoms with Crippen molar-refractivity contribution in [1.29, 1.82) is 0 Å². The minimum absolute atomic E-state index is 0.0535. The second-order valence-corrected chi connectivity index (χ2v) is 7.64. The Bertz CT molecular complexity index is 337. The van der Waals surface area contributed by atoms with Crippen molar-refractivity contribution in [2.45, 2.75) is 71.6 Å². The lowest BCUT2D eigenvalue weighted by molar-refractivity contribution is -0.0105. The number of hydrogen-bond acceptors (Lipinski definition) is 4. The second-order valence-electron chi connectivity index (χ2n) is 7.64.